The highest BCUT2D eigenvalue weighted by atomic mass is 14.8. The molecule has 1 heterocycles. The summed E-state index contributed by atoms with van der Waals surface area (Å²) in [4.78, 5) is 4.22. The second kappa shape index (κ2) is 5.85. The van der Waals surface area contributed by atoms with Crippen molar-refractivity contribution in [3.63, 3.8) is 0 Å². The molecule has 100 valence electrons. The zero-order valence-corrected chi connectivity index (χ0v) is 11.6. The van der Waals surface area contributed by atoms with Gasteiger partial charge in [0.15, 0.2) is 0 Å². The average Bonchev–Trinajstić information content (AvgIpc) is 2.48. The lowest BCUT2D eigenvalue weighted by atomic mass is 10.0. The Morgan fingerprint density at radius 1 is 0.950 bits per heavy atom. The SMILES string of the molecule is Cc1cncc(CNCc2cccc3ccccc23)c1. The standard InChI is InChI=1S/C18H18N2/c1-14-9-15(11-19-10-14)12-20-13-17-7-4-6-16-5-2-3-8-18(16)17/h2-11,20H,12-13H2,1H3. The molecule has 2 nitrogen and oxygen atoms in total. The van der Waals surface area contributed by atoms with Gasteiger partial charge in [0.2, 0.25) is 0 Å². The molecular formula is C18H18N2. The van der Waals surface area contributed by atoms with Gasteiger partial charge in [0.25, 0.3) is 0 Å². The lowest BCUT2D eigenvalue weighted by molar-refractivity contribution is 0.694. The number of pyridine rings is 1. The van der Waals surface area contributed by atoms with Crippen LogP contribution < -0.4 is 5.32 Å². The van der Waals surface area contributed by atoms with Gasteiger partial charge in [-0.25, -0.2) is 0 Å². The molecule has 3 aromatic rings. The van der Waals surface area contributed by atoms with E-state index in [1.54, 1.807) is 0 Å². The molecule has 0 aliphatic rings. The minimum absolute atomic E-state index is 0.845. The average molecular weight is 262 g/mol. The van der Waals surface area contributed by atoms with Gasteiger partial charge in [-0.15, -0.1) is 0 Å². The summed E-state index contributed by atoms with van der Waals surface area (Å²) < 4.78 is 0. The molecule has 0 aliphatic carbocycles. The first-order chi connectivity index (χ1) is 9.83. The van der Waals surface area contributed by atoms with Gasteiger partial charge >= 0.3 is 0 Å². The van der Waals surface area contributed by atoms with Crippen molar-refractivity contribution < 1.29 is 0 Å². The van der Waals surface area contributed by atoms with Crippen LogP contribution >= 0.6 is 0 Å². The number of nitrogens with zero attached hydrogens (tertiary/aromatic N) is 1. The quantitative estimate of drug-likeness (QED) is 0.773. The first-order valence-electron chi connectivity index (χ1n) is 6.91. The van der Waals surface area contributed by atoms with Crippen LogP contribution in [0.15, 0.2) is 60.9 Å². The Bertz CT molecular complexity index is 714. The van der Waals surface area contributed by atoms with Crippen LogP contribution in [-0.4, -0.2) is 4.98 Å². The molecule has 1 N–H and O–H groups in total. The summed E-state index contributed by atoms with van der Waals surface area (Å²) in [6.45, 7) is 3.79. The van der Waals surface area contributed by atoms with Crippen LogP contribution in [0.3, 0.4) is 0 Å². The van der Waals surface area contributed by atoms with Crippen LogP contribution in [0.4, 0.5) is 0 Å². The molecule has 0 bridgehead atoms. The van der Waals surface area contributed by atoms with E-state index < -0.39 is 0 Å². The summed E-state index contributed by atoms with van der Waals surface area (Å²) in [5.74, 6) is 0. The highest BCUT2D eigenvalue weighted by Gasteiger charge is 2.00. The van der Waals surface area contributed by atoms with Crippen molar-refractivity contribution in [2.45, 2.75) is 20.0 Å². The van der Waals surface area contributed by atoms with E-state index in [2.05, 4.69) is 65.8 Å². The molecule has 0 saturated carbocycles. The Morgan fingerprint density at radius 3 is 2.70 bits per heavy atom. The van der Waals surface area contributed by atoms with Crippen LogP contribution in [0, 0.1) is 6.92 Å². The van der Waals surface area contributed by atoms with Gasteiger partial charge in [-0.05, 0) is 34.4 Å². The number of aromatic nitrogens is 1. The summed E-state index contributed by atoms with van der Waals surface area (Å²) >= 11 is 0. The van der Waals surface area contributed by atoms with Crippen molar-refractivity contribution in [3.8, 4) is 0 Å². The van der Waals surface area contributed by atoms with Crippen molar-refractivity contribution >= 4 is 10.8 Å². The Hall–Kier alpha value is -2.19. The Morgan fingerprint density at radius 2 is 1.80 bits per heavy atom. The summed E-state index contributed by atoms with van der Waals surface area (Å²) in [5.41, 5.74) is 3.77. The van der Waals surface area contributed by atoms with Gasteiger partial charge in [0.05, 0.1) is 0 Å². The Balaban J connectivity index is 1.71. The molecule has 3 rings (SSSR count). The number of nitrogens with one attached hydrogen (secondary N) is 1. The lowest BCUT2D eigenvalue weighted by Crippen LogP contribution is -2.13. The van der Waals surface area contributed by atoms with E-state index in [9.17, 15) is 0 Å². The van der Waals surface area contributed by atoms with Gasteiger partial charge in [0, 0.05) is 25.5 Å². The highest BCUT2D eigenvalue weighted by molar-refractivity contribution is 5.85. The summed E-state index contributed by atoms with van der Waals surface area (Å²) in [6, 6.07) is 17.1. The van der Waals surface area contributed by atoms with Crippen LogP contribution in [-0.2, 0) is 13.1 Å². The Labute approximate surface area is 119 Å². The van der Waals surface area contributed by atoms with Gasteiger partial charge in [-0.3, -0.25) is 4.98 Å². The number of hydrogen-bond donors (Lipinski definition) is 1. The number of rotatable bonds is 4. The molecule has 20 heavy (non-hydrogen) atoms. The molecule has 0 radical (unpaired) electrons. The fraction of sp³-hybridized carbons (Fsp3) is 0.167. The molecule has 0 fully saturated rings. The predicted octanol–water partition coefficient (Wildman–Crippen LogP) is 3.83. The van der Waals surface area contributed by atoms with Crippen molar-refractivity contribution in [3.05, 3.63) is 77.6 Å². The maximum atomic E-state index is 4.22. The number of hydrogen-bond acceptors (Lipinski definition) is 2. The molecule has 1 aromatic heterocycles. The molecule has 2 heteroatoms. The van der Waals surface area contributed by atoms with Gasteiger partial charge in [-0.2, -0.15) is 0 Å². The second-order valence-corrected chi connectivity index (χ2v) is 5.11. The van der Waals surface area contributed by atoms with Crippen molar-refractivity contribution in [1.29, 1.82) is 0 Å². The van der Waals surface area contributed by atoms with E-state index in [1.165, 1.54) is 27.5 Å². The molecule has 0 atom stereocenters. The topological polar surface area (TPSA) is 24.9 Å². The number of benzene rings is 2. The van der Waals surface area contributed by atoms with Gasteiger partial charge in [-0.1, -0.05) is 48.5 Å². The van der Waals surface area contributed by atoms with E-state index in [1.807, 2.05) is 12.4 Å². The smallest absolute Gasteiger partial charge is 0.0313 e. The van der Waals surface area contributed by atoms with E-state index in [-0.39, 0.29) is 0 Å². The second-order valence-electron chi connectivity index (χ2n) is 5.11. The number of fused-ring (bicyclic) bond motifs is 1. The molecule has 2 aromatic carbocycles. The van der Waals surface area contributed by atoms with Crippen molar-refractivity contribution in [2.75, 3.05) is 0 Å². The minimum Gasteiger partial charge on any atom is -0.309 e. The zero-order valence-electron chi connectivity index (χ0n) is 11.6. The van der Waals surface area contributed by atoms with Crippen molar-refractivity contribution in [1.82, 2.24) is 10.3 Å². The highest BCUT2D eigenvalue weighted by Crippen LogP contribution is 2.18. The predicted molar refractivity (Wildman–Crippen MR) is 83.5 cm³/mol. The summed E-state index contributed by atoms with van der Waals surface area (Å²) in [7, 11) is 0. The van der Waals surface area contributed by atoms with Crippen LogP contribution in [0.5, 0.6) is 0 Å². The fourth-order valence-corrected chi connectivity index (χ4v) is 2.50. The maximum absolute atomic E-state index is 4.22. The first kappa shape index (κ1) is 12.8. The maximum Gasteiger partial charge on any atom is 0.0313 e. The van der Waals surface area contributed by atoms with E-state index in [0.717, 1.165) is 13.1 Å². The third-order valence-electron chi connectivity index (χ3n) is 3.46. The molecular weight excluding hydrogens is 244 g/mol. The van der Waals surface area contributed by atoms with E-state index in [0.29, 0.717) is 0 Å². The molecule has 0 aliphatic heterocycles. The minimum atomic E-state index is 0.845. The van der Waals surface area contributed by atoms with Gasteiger partial charge < -0.3 is 5.32 Å². The van der Waals surface area contributed by atoms with Crippen LogP contribution in [0.1, 0.15) is 16.7 Å². The monoisotopic (exact) mass is 262 g/mol. The first-order valence-corrected chi connectivity index (χ1v) is 6.91. The molecule has 0 saturated heterocycles. The third-order valence-corrected chi connectivity index (χ3v) is 3.46. The largest absolute Gasteiger partial charge is 0.309 e. The normalized spacial score (nSPS) is 10.8. The van der Waals surface area contributed by atoms with E-state index in [4.69, 9.17) is 0 Å². The summed E-state index contributed by atoms with van der Waals surface area (Å²) in [6.07, 6.45) is 3.80. The van der Waals surface area contributed by atoms with Crippen LogP contribution in [0.25, 0.3) is 10.8 Å². The van der Waals surface area contributed by atoms with Crippen molar-refractivity contribution in [2.24, 2.45) is 0 Å². The molecule has 0 amide bonds. The molecule has 0 spiro atoms. The van der Waals surface area contributed by atoms with Crippen LogP contribution in [0.2, 0.25) is 0 Å². The zero-order chi connectivity index (χ0) is 13.8. The fourth-order valence-electron chi connectivity index (χ4n) is 2.50. The van der Waals surface area contributed by atoms with E-state index >= 15 is 0 Å². The lowest BCUT2D eigenvalue weighted by Gasteiger charge is -2.08. The third kappa shape index (κ3) is 2.86. The summed E-state index contributed by atoms with van der Waals surface area (Å²) in [5, 5.41) is 6.12. The Kier molecular flexibility index (Phi) is 3.75. The van der Waals surface area contributed by atoms with Gasteiger partial charge in [0.1, 0.15) is 0 Å². The number of aryl methyl sites for hydroxylation is 1. The molecule has 0 unspecified atom stereocenters.